The van der Waals surface area contributed by atoms with E-state index in [4.69, 9.17) is 0 Å². The molecule has 0 aliphatic carbocycles. The predicted octanol–water partition coefficient (Wildman–Crippen LogP) is 2.52. The Hall–Kier alpha value is -2.21. The van der Waals surface area contributed by atoms with Gasteiger partial charge in [-0.1, -0.05) is 12.1 Å². The summed E-state index contributed by atoms with van der Waals surface area (Å²) in [6.45, 7) is 2.54. The Morgan fingerprint density at radius 3 is 2.78 bits per heavy atom. The fraction of sp³-hybridized carbons (Fsp3) is 0.353. The Balaban J connectivity index is 1.52. The van der Waals surface area contributed by atoms with E-state index in [0.717, 1.165) is 29.1 Å². The molecule has 1 aliphatic heterocycles. The van der Waals surface area contributed by atoms with Crippen molar-refractivity contribution in [2.45, 2.75) is 32.2 Å². The van der Waals surface area contributed by atoms with Gasteiger partial charge >= 0.3 is 0 Å². The number of carbonyl (C=O) groups is 2. The number of nitrogens with zero attached hydrogens (tertiary/aromatic N) is 1. The predicted molar refractivity (Wildman–Crippen MR) is 90.4 cm³/mol. The lowest BCUT2D eigenvalue weighted by atomic mass is 10.1. The minimum absolute atomic E-state index is 0.0877. The molecule has 0 bridgehead atoms. The molecule has 1 atom stereocenters. The van der Waals surface area contributed by atoms with Gasteiger partial charge in [0.1, 0.15) is 0 Å². The highest BCUT2D eigenvalue weighted by Gasteiger charge is 2.20. The third-order valence-corrected chi connectivity index (χ3v) is 4.70. The first-order chi connectivity index (χ1) is 11.1. The molecule has 1 aromatic heterocycles. The molecule has 1 saturated heterocycles. The maximum absolute atomic E-state index is 12.1. The van der Waals surface area contributed by atoms with Gasteiger partial charge in [-0.15, -0.1) is 11.3 Å². The SMILES string of the molecule is Cc1nc(-c2ccc(C(=O)NCC[C@@H]3CCC(=O)N3)cc2)cs1. The summed E-state index contributed by atoms with van der Waals surface area (Å²) < 4.78 is 0. The smallest absolute Gasteiger partial charge is 0.251 e. The molecule has 6 heteroatoms. The van der Waals surface area contributed by atoms with E-state index in [-0.39, 0.29) is 17.9 Å². The van der Waals surface area contributed by atoms with Crippen LogP contribution in [-0.2, 0) is 4.79 Å². The van der Waals surface area contributed by atoms with Crippen LogP contribution in [0.5, 0.6) is 0 Å². The zero-order valence-electron chi connectivity index (χ0n) is 13.0. The van der Waals surface area contributed by atoms with Gasteiger partial charge < -0.3 is 10.6 Å². The van der Waals surface area contributed by atoms with Gasteiger partial charge in [-0.25, -0.2) is 4.98 Å². The standard InChI is InChI=1S/C17H19N3O2S/c1-11-19-15(10-23-11)12-2-4-13(5-3-12)17(22)18-9-8-14-6-7-16(21)20-14/h2-5,10,14H,6-9H2,1H3,(H,18,22)(H,20,21)/t14-/m0/s1. The Bertz CT molecular complexity index is 709. The average Bonchev–Trinajstić information content (AvgIpc) is 3.16. The third-order valence-electron chi connectivity index (χ3n) is 3.93. The van der Waals surface area contributed by atoms with Crippen molar-refractivity contribution in [3.05, 3.63) is 40.2 Å². The zero-order valence-corrected chi connectivity index (χ0v) is 13.8. The van der Waals surface area contributed by atoms with Crippen molar-refractivity contribution < 1.29 is 9.59 Å². The first kappa shape index (κ1) is 15.7. The second kappa shape index (κ2) is 6.91. The molecular weight excluding hydrogens is 310 g/mol. The summed E-state index contributed by atoms with van der Waals surface area (Å²) >= 11 is 1.61. The van der Waals surface area contributed by atoms with Gasteiger partial charge in [0.25, 0.3) is 5.91 Å². The van der Waals surface area contributed by atoms with E-state index < -0.39 is 0 Å². The Labute approximate surface area is 139 Å². The molecule has 3 rings (SSSR count). The van der Waals surface area contributed by atoms with Crippen LogP contribution in [0.2, 0.25) is 0 Å². The minimum atomic E-state index is -0.0877. The molecule has 2 N–H and O–H groups in total. The lowest BCUT2D eigenvalue weighted by Crippen LogP contribution is -2.31. The Kier molecular flexibility index (Phi) is 4.71. The molecule has 5 nitrogen and oxygen atoms in total. The van der Waals surface area contributed by atoms with Crippen molar-refractivity contribution in [1.29, 1.82) is 0 Å². The number of hydrogen-bond donors (Lipinski definition) is 2. The highest BCUT2D eigenvalue weighted by molar-refractivity contribution is 7.09. The van der Waals surface area contributed by atoms with Crippen LogP contribution in [0.4, 0.5) is 0 Å². The first-order valence-corrected chi connectivity index (χ1v) is 8.60. The molecule has 23 heavy (non-hydrogen) atoms. The van der Waals surface area contributed by atoms with Crippen LogP contribution in [0.25, 0.3) is 11.3 Å². The van der Waals surface area contributed by atoms with E-state index in [1.54, 1.807) is 11.3 Å². The summed E-state index contributed by atoms with van der Waals surface area (Å²) in [5.74, 6) is 0.0181. The molecule has 1 aliphatic rings. The first-order valence-electron chi connectivity index (χ1n) is 7.72. The van der Waals surface area contributed by atoms with E-state index in [9.17, 15) is 9.59 Å². The maximum Gasteiger partial charge on any atom is 0.251 e. The van der Waals surface area contributed by atoms with Crippen molar-refractivity contribution in [2.75, 3.05) is 6.54 Å². The van der Waals surface area contributed by atoms with E-state index >= 15 is 0 Å². The third kappa shape index (κ3) is 3.96. The number of benzene rings is 1. The molecule has 1 fully saturated rings. The zero-order chi connectivity index (χ0) is 16.2. The van der Waals surface area contributed by atoms with Gasteiger partial charge in [0.15, 0.2) is 0 Å². The second-order valence-corrected chi connectivity index (χ2v) is 6.74. The van der Waals surface area contributed by atoms with Gasteiger partial charge in [-0.05, 0) is 31.9 Å². The highest BCUT2D eigenvalue weighted by Crippen LogP contribution is 2.21. The van der Waals surface area contributed by atoms with Crippen LogP contribution in [-0.4, -0.2) is 29.4 Å². The Morgan fingerprint density at radius 2 is 2.17 bits per heavy atom. The molecule has 0 unspecified atom stereocenters. The maximum atomic E-state index is 12.1. The highest BCUT2D eigenvalue weighted by atomic mass is 32.1. The van der Waals surface area contributed by atoms with Gasteiger partial charge in [0, 0.05) is 35.5 Å². The monoisotopic (exact) mass is 329 g/mol. The van der Waals surface area contributed by atoms with Crippen molar-refractivity contribution in [1.82, 2.24) is 15.6 Å². The molecule has 2 amide bonds. The summed E-state index contributed by atoms with van der Waals surface area (Å²) in [4.78, 5) is 27.7. The second-order valence-electron chi connectivity index (χ2n) is 5.68. The number of hydrogen-bond acceptors (Lipinski definition) is 4. The molecule has 0 saturated carbocycles. The van der Waals surface area contributed by atoms with Crippen LogP contribution in [0.1, 0.15) is 34.6 Å². The van der Waals surface area contributed by atoms with E-state index in [0.29, 0.717) is 18.5 Å². The van der Waals surface area contributed by atoms with E-state index in [1.807, 2.05) is 36.6 Å². The molecule has 120 valence electrons. The fourth-order valence-electron chi connectivity index (χ4n) is 2.64. The number of aromatic nitrogens is 1. The quantitative estimate of drug-likeness (QED) is 0.885. The van der Waals surface area contributed by atoms with Gasteiger partial charge in [-0.2, -0.15) is 0 Å². The summed E-state index contributed by atoms with van der Waals surface area (Å²) in [5, 5.41) is 8.84. The van der Waals surface area contributed by atoms with Crippen LogP contribution >= 0.6 is 11.3 Å². The van der Waals surface area contributed by atoms with Crippen LogP contribution in [0.3, 0.4) is 0 Å². The summed E-state index contributed by atoms with van der Waals surface area (Å²) in [5.41, 5.74) is 2.59. The number of rotatable bonds is 5. The van der Waals surface area contributed by atoms with Crippen molar-refractivity contribution >= 4 is 23.2 Å². The summed E-state index contributed by atoms with van der Waals surface area (Å²) in [7, 11) is 0. The average molecular weight is 329 g/mol. The molecule has 2 heterocycles. The largest absolute Gasteiger partial charge is 0.353 e. The Morgan fingerprint density at radius 1 is 1.39 bits per heavy atom. The minimum Gasteiger partial charge on any atom is -0.353 e. The number of nitrogens with one attached hydrogen (secondary N) is 2. The molecule has 2 aromatic rings. The van der Waals surface area contributed by atoms with E-state index in [2.05, 4.69) is 15.6 Å². The van der Waals surface area contributed by atoms with Crippen LogP contribution < -0.4 is 10.6 Å². The number of carbonyl (C=O) groups excluding carboxylic acids is 2. The topological polar surface area (TPSA) is 71.1 Å². The van der Waals surface area contributed by atoms with E-state index in [1.165, 1.54) is 0 Å². The lowest BCUT2D eigenvalue weighted by Gasteiger charge is -2.10. The number of thiazole rings is 1. The van der Waals surface area contributed by atoms with Crippen molar-refractivity contribution in [3.63, 3.8) is 0 Å². The van der Waals surface area contributed by atoms with Crippen molar-refractivity contribution in [3.8, 4) is 11.3 Å². The normalized spacial score (nSPS) is 17.1. The summed E-state index contributed by atoms with van der Waals surface area (Å²) in [6, 6.07) is 7.66. The number of amides is 2. The molecule has 0 radical (unpaired) electrons. The van der Waals surface area contributed by atoms with Crippen molar-refractivity contribution in [2.24, 2.45) is 0 Å². The van der Waals surface area contributed by atoms with Gasteiger partial charge in [0.2, 0.25) is 5.91 Å². The van der Waals surface area contributed by atoms with Crippen LogP contribution in [0.15, 0.2) is 29.6 Å². The van der Waals surface area contributed by atoms with Gasteiger partial charge in [-0.3, -0.25) is 9.59 Å². The molecule has 1 aromatic carbocycles. The summed E-state index contributed by atoms with van der Waals surface area (Å²) in [6.07, 6.45) is 2.22. The van der Waals surface area contributed by atoms with Gasteiger partial charge in [0.05, 0.1) is 10.7 Å². The molecule has 0 spiro atoms. The van der Waals surface area contributed by atoms with Crippen LogP contribution in [0, 0.1) is 6.92 Å². The number of aryl methyl sites for hydroxylation is 1. The molecular formula is C17H19N3O2S. The lowest BCUT2D eigenvalue weighted by molar-refractivity contribution is -0.119. The fourth-order valence-corrected chi connectivity index (χ4v) is 3.27.